The van der Waals surface area contributed by atoms with Gasteiger partial charge in [-0.05, 0) is 18.6 Å². The van der Waals surface area contributed by atoms with Crippen molar-refractivity contribution in [1.82, 2.24) is 9.97 Å². The molecule has 2 aromatic heterocycles. The molecule has 0 radical (unpaired) electrons. The second-order valence-electron chi connectivity index (χ2n) is 7.59. The molecule has 0 saturated carbocycles. The summed E-state index contributed by atoms with van der Waals surface area (Å²) in [5, 5.41) is 1.01. The molecule has 3 nitrogen and oxygen atoms in total. The van der Waals surface area contributed by atoms with E-state index in [4.69, 9.17) is 15.8 Å². The molecular formula is C28H20N2O. The molecule has 2 heterocycles. The predicted octanol–water partition coefficient (Wildman–Crippen LogP) is 7.18. The molecule has 148 valence electrons. The van der Waals surface area contributed by atoms with E-state index in [-0.39, 0.29) is 6.40 Å². The SMILES string of the molecule is [2H]C1CC=Cc2c1oc1cccc(-c3cc(-c4ccccc4)nc(-c4ccccc4)n3)c21. The molecule has 31 heavy (non-hydrogen) atoms. The van der Waals surface area contributed by atoms with Gasteiger partial charge in [0.05, 0.1) is 11.4 Å². The number of nitrogens with zero attached hydrogens (tertiary/aromatic N) is 2. The van der Waals surface area contributed by atoms with Gasteiger partial charge in [-0.1, -0.05) is 84.9 Å². The summed E-state index contributed by atoms with van der Waals surface area (Å²) in [5.74, 6) is 1.42. The third-order valence-corrected chi connectivity index (χ3v) is 5.61. The van der Waals surface area contributed by atoms with E-state index in [9.17, 15) is 0 Å². The quantitative estimate of drug-likeness (QED) is 0.321. The van der Waals surface area contributed by atoms with Crippen molar-refractivity contribution in [2.24, 2.45) is 0 Å². The minimum absolute atomic E-state index is 0.375. The van der Waals surface area contributed by atoms with Gasteiger partial charge < -0.3 is 4.42 Å². The first-order chi connectivity index (χ1) is 15.8. The minimum atomic E-state index is -0.375. The van der Waals surface area contributed by atoms with Gasteiger partial charge in [0.1, 0.15) is 11.3 Å². The molecule has 0 bridgehead atoms. The zero-order valence-electron chi connectivity index (χ0n) is 17.8. The summed E-state index contributed by atoms with van der Waals surface area (Å²) in [6.45, 7) is 0. The number of benzene rings is 3. The lowest BCUT2D eigenvalue weighted by Gasteiger charge is -2.11. The molecule has 1 aliphatic carbocycles. The van der Waals surface area contributed by atoms with Gasteiger partial charge in [-0.2, -0.15) is 0 Å². The Morgan fingerprint density at radius 1 is 0.774 bits per heavy atom. The predicted molar refractivity (Wildman–Crippen MR) is 125 cm³/mol. The molecule has 3 aromatic carbocycles. The van der Waals surface area contributed by atoms with Gasteiger partial charge in [-0.25, -0.2) is 9.97 Å². The van der Waals surface area contributed by atoms with Crippen LogP contribution in [0, 0.1) is 0 Å². The van der Waals surface area contributed by atoms with Crippen molar-refractivity contribution in [3.8, 4) is 33.9 Å². The van der Waals surface area contributed by atoms with Crippen molar-refractivity contribution in [1.29, 1.82) is 0 Å². The van der Waals surface area contributed by atoms with Crippen LogP contribution in [0.5, 0.6) is 0 Å². The summed E-state index contributed by atoms with van der Waals surface area (Å²) >= 11 is 0. The van der Waals surface area contributed by atoms with Gasteiger partial charge in [-0.3, -0.25) is 0 Å². The molecule has 5 aromatic rings. The Balaban J connectivity index is 1.63. The highest BCUT2D eigenvalue weighted by molar-refractivity contribution is 6.00. The Hall–Kier alpha value is -3.98. The fraction of sp³-hybridized carbons (Fsp3) is 0.0714. The van der Waals surface area contributed by atoms with E-state index in [1.165, 1.54) is 0 Å². The van der Waals surface area contributed by atoms with Crippen molar-refractivity contribution in [2.45, 2.75) is 12.8 Å². The second-order valence-corrected chi connectivity index (χ2v) is 7.59. The Morgan fingerprint density at radius 2 is 1.52 bits per heavy atom. The van der Waals surface area contributed by atoms with Crippen LogP contribution in [0.4, 0.5) is 0 Å². The van der Waals surface area contributed by atoms with Crippen molar-refractivity contribution < 1.29 is 5.79 Å². The Kier molecular flexibility index (Phi) is 3.99. The highest BCUT2D eigenvalue weighted by atomic mass is 16.3. The van der Waals surface area contributed by atoms with Crippen molar-refractivity contribution in [3.63, 3.8) is 0 Å². The van der Waals surface area contributed by atoms with Crippen molar-refractivity contribution in [2.75, 3.05) is 0 Å². The van der Waals surface area contributed by atoms with Crippen LogP contribution < -0.4 is 0 Å². The number of rotatable bonds is 3. The molecule has 0 N–H and O–H groups in total. The Labute approximate surface area is 182 Å². The molecule has 1 unspecified atom stereocenters. The number of fused-ring (bicyclic) bond motifs is 3. The van der Waals surface area contributed by atoms with Gasteiger partial charge in [0.2, 0.25) is 0 Å². The smallest absolute Gasteiger partial charge is 0.160 e. The van der Waals surface area contributed by atoms with E-state index < -0.39 is 0 Å². The zero-order chi connectivity index (χ0) is 21.5. The third kappa shape index (κ3) is 3.15. The maximum Gasteiger partial charge on any atom is 0.160 e. The monoisotopic (exact) mass is 401 g/mol. The Morgan fingerprint density at radius 3 is 2.32 bits per heavy atom. The largest absolute Gasteiger partial charge is 0.460 e. The third-order valence-electron chi connectivity index (χ3n) is 5.61. The van der Waals surface area contributed by atoms with Crippen LogP contribution in [-0.2, 0) is 6.40 Å². The Bertz CT molecular complexity index is 1400. The van der Waals surface area contributed by atoms with Crippen LogP contribution in [0.15, 0.2) is 95.4 Å². The normalized spacial score (nSPS) is 15.6. The van der Waals surface area contributed by atoms with Crippen molar-refractivity contribution in [3.05, 3.63) is 102 Å². The van der Waals surface area contributed by atoms with E-state index >= 15 is 0 Å². The lowest BCUT2D eigenvalue weighted by atomic mass is 9.97. The van der Waals surface area contributed by atoms with E-state index in [1.807, 2.05) is 66.7 Å². The molecule has 1 atom stereocenters. The first-order valence-corrected chi connectivity index (χ1v) is 10.4. The molecule has 0 fully saturated rings. The van der Waals surface area contributed by atoms with Crippen LogP contribution in [-0.4, -0.2) is 9.97 Å². The number of hydrogen-bond acceptors (Lipinski definition) is 3. The van der Waals surface area contributed by atoms with Crippen LogP contribution in [0.3, 0.4) is 0 Å². The molecular weight excluding hydrogens is 380 g/mol. The number of furan rings is 1. The molecule has 0 amide bonds. The van der Waals surface area contributed by atoms with Crippen LogP contribution >= 0.6 is 0 Å². The van der Waals surface area contributed by atoms with Crippen LogP contribution in [0.1, 0.15) is 19.1 Å². The number of aryl methyl sites for hydroxylation is 1. The van der Waals surface area contributed by atoms with Gasteiger partial charge in [0, 0.05) is 35.4 Å². The maximum atomic E-state index is 8.38. The summed E-state index contributed by atoms with van der Waals surface area (Å²) in [6.07, 6.45) is 4.43. The first-order valence-electron chi connectivity index (χ1n) is 11.0. The fourth-order valence-corrected chi connectivity index (χ4v) is 4.14. The average molecular weight is 401 g/mol. The minimum Gasteiger partial charge on any atom is -0.460 e. The van der Waals surface area contributed by atoms with Crippen molar-refractivity contribution >= 4 is 17.0 Å². The standard InChI is InChI=1S/C28H20N2O/c1-3-10-19(11-4-1)23-18-24(30-28(29-23)20-12-5-2-6-13-20)21-15-9-17-26-27(21)22-14-7-8-16-25(22)31-26/h1-7,9-15,17-18H,8,16H2/i16D. The van der Waals surface area contributed by atoms with Gasteiger partial charge >= 0.3 is 0 Å². The summed E-state index contributed by atoms with van der Waals surface area (Å²) < 4.78 is 14.5. The molecule has 6 rings (SSSR count). The molecule has 3 heteroatoms. The molecule has 0 aliphatic heterocycles. The second kappa shape index (κ2) is 7.37. The zero-order valence-corrected chi connectivity index (χ0v) is 16.8. The molecule has 0 spiro atoms. The lowest BCUT2D eigenvalue weighted by molar-refractivity contribution is 0.546. The fourth-order valence-electron chi connectivity index (χ4n) is 4.14. The summed E-state index contributed by atoms with van der Waals surface area (Å²) in [6, 6.07) is 28.3. The summed E-state index contributed by atoms with van der Waals surface area (Å²) in [4.78, 5) is 9.86. The highest BCUT2D eigenvalue weighted by Gasteiger charge is 2.19. The molecule has 0 saturated heterocycles. The van der Waals surface area contributed by atoms with E-state index in [2.05, 4.69) is 30.4 Å². The lowest BCUT2D eigenvalue weighted by Crippen LogP contribution is -1.96. The van der Waals surface area contributed by atoms with Crippen LogP contribution in [0.2, 0.25) is 0 Å². The van der Waals surface area contributed by atoms with Gasteiger partial charge in [0.15, 0.2) is 5.82 Å². The highest BCUT2D eigenvalue weighted by Crippen LogP contribution is 2.38. The van der Waals surface area contributed by atoms with Gasteiger partial charge in [0.25, 0.3) is 0 Å². The van der Waals surface area contributed by atoms with E-state index in [0.717, 1.165) is 50.4 Å². The summed E-state index contributed by atoms with van der Waals surface area (Å²) in [5.41, 5.74) is 6.49. The number of hydrogen-bond donors (Lipinski definition) is 0. The topological polar surface area (TPSA) is 38.9 Å². The van der Waals surface area contributed by atoms with E-state index in [0.29, 0.717) is 12.2 Å². The molecule has 1 aliphatic rings. The van der Waals surface area contributed by atoms with Gasteiger partial charge in [-0.15, -0.1) is 0 Å². The van der Waals surface area contributed by atoms with E-state index in [1.54, 1.807) is 0 Å². The summed E-state index contributed by atoms with van der Waals surface area (Å²) in [7, 11) is 0. The number of aromatic nitrogens is 2. The van der Waals surface area contributed by atoms with Crippen LogP contribution in [0.25, 0.3) is 50.9 Å². The number of allylic oxidation sites excluding steroid dienone is 1. The first kappa shape index (κ1) is 16.8. The average Bonchev–Trinajstić information content (AvgIpc) is 3.25. The maximum absolute atomic E-state index is 8.38.